The van der Waals surface area contributed by atoms with Gasteiger partial charge in [-0.15, -0.1) is 0 Å². The van der Waals surface area contributed by atoms with E-state index < -0.39 is 0 Å². The highest BCUT2D eigenvalue weighted by atomic mass is 79.9. The summed E-state index contributed by atoms with van der Waals surface area (Å²) in [5.41, 5.74) is 2.13. The summed E-state index contributed by atoms with van der Waals surface area (Å²) in [6.07, 6.45) is 4.05. The van der Waals surface area contributed by atoms with Crippen molar-refractivity contribution in [2.24, 2.45) is 0 Å². The number of nitrogens with zero attached hydrogens (tertiary/aromatic N) is 2. The molecular formula is C12H12BrN3. The van der Waals surface area contributed by atoms with E-state index in [1.165, 1.54) is 12.8 Å². The molecule has 0 bridgehead atoms. The van der Waals surface area contributed by atoms with Gasteiger partial charge in [-0.1, -0.05) is 12.1 Å². The van der Waals surface area contributed by atoms with Gasteiger partial charge in [-0.05, 0) is 41.4 Å². The third-order valence-electron chi connectivity index (χ3n) is 3.04. The van der Waals surface area contributed by atoms with E-state index in [1.807, 2.05) is 12.1 Å². The van der Waals surface area contributed by atoms with Gasteiger partial charge in [-0.3, -0.25) is 0 Å². The van der Waals surface area contributed by atoms with Crippen LogP contribution in [0.1, 0.15) is 24.6 Å². The zero-order valence-corrected chi connectivity index (χ0v) is 10.4. The van der Waals surface area contributed by atoms with E-state index in [0.717, 1.165) is 27.6 Å². The molecule has 1 aromatic heterocycles. The molecule has 4 heteroatoms. The molecule has 1 saturated heterocycles. The summed E-state index contributed by atoms with van der Waals surface area (Å²) in [4.78, 5) is 8.76. The first kappa shape index (κ1) is 10.2. The molecule has 82 valence electrons. The van der Waals surface area contributed by atoms with E-state index in [1.54, 1.807) is 6.33 Å². The third kappa shape index (κ3) is 1.62. The summed E-state index contributed by atoms with van der Waals surface area (Å²) < 4.78 is 1.03. The smallest absolute Gasteiger partial charge is 0.116 e. The van der Waals surface area contributed by atoms with Crippen LogP contribution in [0.5, 0.6) is 0 Å². The molecule has 1 aliphatic rings. The van der Waals surface area contributed by atoms with Crippen molar-refractivity contribution in [1.82, 2.24) is 15.3 Å². The monoisotopic (exact) mass is 277 g/mol. The minimum Gasteiger partial charge on any atom is -0.309 e. The number of halogens is 1. The van der Waals surface area contributed by atoms with E-state index >= 15 is 0 Å². The summed E-state index contributed by atoms with van der Waals surface area (Å²) in [5.74, 6) is 0. The molecule has 0 amide bonds. The first-order valence-electron chi connectivity index (χ1n) is 5.49. The van der Waals surface area contributed by atoms with Gasteiger partial charge >= 0.3 is 0 Å². The quantitative estimate of drug-likeness (QED) is 0.871. The van der Waals surface area contributed by atoms with Crippen LogP contribution in [0.3, 0.4) is 0 Å². The lowest BCUT2D eigenvalue weighted by atomic mass is 10.1. The van der Waals surface area contributed by atoms with Crippen molar-refractivity contribution in [1.29, 1.82) is 0 Å². The predicted octanol–water partition coefficient (Wildman–Crippen LogP) is 2.82. The van der Waals surface area contributed by atoms with E-state index in [0.29, 0.717) is 6.04 Å². The average Bonchev–Trinajstić information content (AvgIpc) is 2.82. The van der Waals surface area contributed by atoms with Crippen LogP contribution in [-0.2, 0) is 0 Å². The number of nitrogens with one attached hydrogen (secondary N) is 1. The zero-order valence-electron chi connectivity index (χ0n) is 8.78. The highest BCUT2D eigenvalue weighted by Gasteiger charge is 2.20. The topological polar surface area (TPSA) is 37.8 Å². The van der Waals surface area contributed by atoms with Crippen LogP contribution in [0.2, 0.25) is 0 Å². The van der Waals surface area contributed by atoms with Crippen LogP contribution in [-0.4, -0.2) is 16.5 Å². The number of aromatic nitrogens is 2. The van der Waals surface area contributed by atoms with E-state index in [-0.39, 0.29) is 0 Å². The Morgan fingerprint density at radius 1 is 1.31 bits per heavy atom. The first-order chi connectivity index (χ1) is 7.86. The number of hydrogen-bond donors (Lipinski definition) is 1. The Morgan fingerprint density at radius 3 is 3.06 bits per heavy atom. The normalized spacial score (nSPS) is 20.4. The molecule has 1 unspecified atom stereocenters. The van der Waals surface area contributed by atoms with Crippen molar-refractivity contribution in [2.75, 3.05) is 6.54 Å². The fourth-order valence-electron chi connectivity index (χ4n) is 2.27. The lowest BCUT2D eigenvalue weighted by Crippen LogP contribution is -2.14. The van der Waals surface area contributed by atoms with Gasteiger partial charge in [0.05, 0.1) is 17.3 Å². The second kappa shape index (κ2) is 4.11. The number of hydrogen-bond acceptors (Lipinski definition) is 3. The lowest BCUT2D eigenvalue weighted by molar-refractivity contribution is 0.632. The van der Waals surface area contributed by atoms with Gasteiger partial charge in [-0.2, -0.15) is 0 Å². The molecule has 0 saturated carbocycles. The maximum Gasteiger partial charge on any atom is 0.116 e. The van der Waals surface area contributed by atoms with E-state index in [9.17, 15) is 0 Å². The molecule has 2 heterocycles. The molecule has 3 rings (SSSR count). The van der Waals surface area contributed by atoms with Crippen molar-refractivity contribution >= 4 is 26.8 Å². The van der Waals surface area contributed by atoms with Crippen molar-refractivity contribution in [3.05, 3.63) is 34.7 Å². The number of benzene rings is 1. The molecule has 1 fully saturated rings. The maximum atomic E-state index is 4.44. The predicted molar refractivity (Wildman–Crippen MR) is 67.2 cm³/mol. The Morgan fingerprint density at radius 2 is 2.25 bits per heavy atom. The van der Waals surface area contributed by atoms with E-state index in [2.05, 4.69) is 37.3 Å². The second-order valence-corrected chi connectivity index (χ2v) is 4.90. The summed E-state index contributed by atoms with van der Waals surface area (Å²) in [6.45, 7) is 1.09. The van der Waals surface area contributed by atoms with Gasteiger partial charge in [0, 0.05) is 9.86 Å². The van der Waals surface area contributed by atoms with Crippen molar-refractivity contribution in [3.8, 4) is 0 Å². The van der Waals surface area contributed by atoms with Crippen LogP contribution in [0.15, 0.2) is 29.0 Å². The van der Waals surface area contributed by atoms with Crippen LogP contribution < -0.4 is 5.32 Å². The highest BCUT2D eigenvalue weighted by molar-refractivity contribution is 9.10. The fourth-order valence-corrected chi connectivity index (χ4v) is 2.74. The van der Waals surface area contributed by atoms with Gasteiger partial charge < -0.3 is 5.32 Å². The summed E-state index contributed by atoms with van der Waals surface area (Å²) in [5, 5.41) is 4.63. The molecule has 0 radical (unpaired) electrons. The van der Waals surface area contributed by atoms with Gasteiger partial charge in [0.2, 0.25) is 0 Å². The molecule has 0 spiro atoms. The standard InChI is InChI=1S/C12H12BrN3/c13-9-4-1-3-8-11(9)15-7-16-12(8)10-5-2-6-14-10/h1,3-4,7,10,14H,2,5-6H2. The van der Waals surface area contributed by atoms with Crippen molar-refractivity contribution in [2.45, 2.75) is 18.9 Å². The van der Waals surface area contributed by atoms with E-state index in [4.69, 9.17) is 0 Å². The molecule has 0 aliphatic carbocycles. The maximum absolute atomic E-state index is 4.44. The fraction of sp³-hybridized carbons (Fsp3) is 0.333. The molecule has 1 aromatic carbocycles. The summed E-state index contributed by atoms with van der Waals surface area (Å²) >= 11 is 3.53. The van der Waals surface area contributed by atoms with Gasteiger partial charge in [0.25, 0.3) is 0 Å². The zero-order chi connectivity index (χ0) is 11.0. The minimum absolute atomic E-state index is 0.389. The molecule has 16 heavy (non-hydrogen) atoms. The second-order valence-electron chi connectivity index (χ2n) is 4.04. The SMILES string of the molecule is Brc1cccc2c(C3CCCN3)ncnc12. The van der Waals surface area contributed by atoms with Crippen molar-refractivity contribution in [3.63, 3.8) is 0 Å². The third-order valence-corrected chi connectivity index (χ3v) is 3.68. The highest BCUT2D eigenvalue weighted by Crippen LogP contribution is 2.29. The Labute approximate surface area is 102 Å². The Balaban J connectivity index is 2.20. The van der Waals surface area contributed by atoms with Gasteiger partial charge in [0.15, 0.2) is 0 Å². The Kier molecular flexibility index (Phi) is 2.61. The van der Waals surface area contributed by atoms with Gasteiger partial charge in [-0.25, -0.2) is 9.97 Å². The average molecular weight is 278 g/mol. The Bertz CT molecular complexity index is 521. The number of para-hydroxylation sites is 1. The summed E-state index contributed by atoms with van der Waals surface area (Å²) in [7, 11) is 0. The molecule has 1 atom stereocenters. The summed E-state index contributed by atoms with van der Waals surface area (Å²) in [6, 6.07) is 6.53. The molecular weight excluding hydrogens is 266 g/mol. The molecule has 1 N–H and O–H groups in total. The Hall–Kier alpha value is -1.00. The number of fused-ring (bicyclic) bond motifs is 1. The molecule has 1 aliphatic heterocycles. The molecule has 3 nitrogen and oxygen atoms in total. The largest absolute Gasteiger partial charge is 0.309 e. The van der Waals surface area contributed by atoms with Crippen LogP contribution in [0.4, 0.5) is 0 Å². The van der Waals surface area contributed by atoms with Crippen LogP contribution in [0, 0.1) is 0 Å². The minimum atomic E-state index is 0.389. The number of rotatable bonds is 1. The molecule has 2 aromatic rings. The van der Waals surface area contributed by atoms with Crippen LogP contribution in [0.25, 0.3) is 10.9 Å². The lowest BCUT2D eigenvalue weighted by Gasteiger charge is -2.12. The van der Waals surface area contributed by atoms with Gasteiger partial charge in [0.1, 0.15) is 6.33 Å². The first-order valence-corrected chi connectivity index (χ1v) is 6.28. The van der Waals surface area contributed by atoms with Crippen molar-refractivity contribution < 1.29 is 0 Å². The van der Waals surface area contributed by atoms with Crippen LogP contribution >= 0.6 is 15.9 Å².